The fraction of sp³-hybridized carbons (Fsp3) is 0.231. The van der Waals surface area contributed by atoms with Gasteiger partial charge in [-0.1, -0.05) is 28.9 Å². The molecule has 0 bridgehead atoms. The molecule has 18 heavy (non-hydrogen) atoms. The molecule has 0 atom stereocenters. The monoisotopic (exact) mass is 265 g/mol. The maximum Gasteiger partial charge on any atom is 0.341 e. The van der Waals surface area contributed by atoms with Crippen molar-refractivity contribution in [2.45, 2.75) is 19.8 Å². The van der Waals surface area contributed by atoms with Crippen LogP contribution in [0.5, 0.6) is 0 Å². The van der Waals surface area contributed by atoms with E-state index in [9.17, 15) is 4.79 Å². The van der Waals surface area contributed by atoms with Crippen LogP contribution in [0.3, 0.4) is 0 Å². The molecular formula is C13H12ClNO3. The second kappa shape index (κ2) is 5.23. The Labute approximate surface area is 109 Å². The van der Waals surface area contributed by atoms with Gasteiger partial charge in [0.05, 0.1) is 5.69 Å². The summed E-state index contributed by atoms with van der Waals surface area (Å²) < 4.78 is 4.91. The maximum absolute atomic E-state index is 11.0. The predicted octanol–water partition coefficient (Wildman–Crippen LogP) is 3.12. The first-order valence-corrected chi connectivity index (χ1v) is 5.88. The van der Waals surface area contributed by atoms with Crippen molar-refractivity contribution in [3.05, 3.63) is 51.9 Å². The summed E-state index contributed by atoms with van der Waals surface area (Å²) in [5.41, 5.74) is 1.73. The van der Waals surface area contributed by atoms with E-state index < -0.39 is 5.97 Å². The molecule has 0 spiro atoms. The van der Waals surface area contributed by atoms with E-state index in [0.717, 1.165) is 5.56 Å². The van der Waals surface area contributed by atoms with Crippen molar-refractivity contribution in [1.29, 1.82) is 0 Å². The lowest BCUT2D eigenvalue weighted by Crippen LogP contribution is -2.03. The molecule has 5 heteroatoms. The molecule has 0 radical (unpaired) electrons. The van der Waals surface area contributed by atoms with E-state index in [1.165, 1.54) is 0 Å². The Morgan fingerprint density at radius 1 is 1.33 bits per heavy atom. The first-order valence-electron chi connectivity index (χ1n) is 5.51. The van der Waals surface area contributed by atoms with Crippen LogP contribution in [0.1, 0.15) is 27.4 Å². The number of aromatic nitrogens is 1. The minimum atomic E-state index is -1.00. The van der Waals surface area contributed by atoms with E-state index >= 15 is 0 Å². The topological polar surface area (TPSA) is 63.3 Å². The van der Waals surface area contributed by atoms with Crippen LogP contribution in [0.25, 0.3) is 0 Å². The molecule has 1 aromatic carbocycles. The van der Waals surface area contributed by atoms with Crippen LogP contribution in [0.15, 0.2) is 28.8 Å². The van der Waals surface area contributed by atoms with Gasteiger partial charge in [0.15, 0.2) is 0 Å². The van der Waals surface area contributed by atoms with Crippen molar-refractivity contribution in [3.8, 4) is 0 Å². The number of nitrogens with zero attached hydrogens (tertiary/aromatic N) is 1. The fourth-order valence-electron chi connectivity index (χ4n) is 1.78. The summed E-state index contributed by atoms with van der Waals surface area (Å²) in [5.74, 6) is -0.659. The number of hydrogen-bond acceptors (Lipinski definition) is 3. The van der Waals surface area contributed by atoms with Crippen LogP contribution in [-0.2, 0) is 12.8 Å². The van der Waals surface area contributed by atoms with Crippen LogP contribution in [0.4, 0.5) is 0 Å². The van der Waals surface area contributed by atoms with Gasteiger partial charge in [-0.15, -0.1) is 0 Å². The molecule has 0 unspecified atom stereocenters. The van der Waals surface area contributed by atoms with Gasteiger partial charge in [0.1, 0.15) is 11.3 Å². The van der Waals surface area contributed by atoms with Gasteiger partial charge in [-0.2, -0.15) is 0 Å². The molecule has 1 N–H and O–H groups in total. The molecular weight excluding hydrogens is 254 g/mol. The lowest BCUT2D eigenvalue weighted by atomic mass is 10.1. The first kappa shape index (κ1) is 12.6. The minimum absolute atomic E-state index is 0.170. The van der Waals surface area contributed by atoms with Gasteiger partial charge in [0.2, 0.25) is 0 Å². The van der Waals surface area contributed by atoms with Gasteiger partial charge in [-0.3, -0.25) is 0 Å². The molecule has 4 nitrogen and oxygen atoms in total. The first-order chi connectivity index (χ1) is 8.58. The molecule has 2 rings (SSSR count). The SMILES string of the molecule is Cc1onc(CCc2ccc(Cl)cc2)c1C(=O)O. The van der Waals surface area contributed by atoms with Crippen LogP contribution in [-0.4, -0.2) is 16.2 Å². The number of carboxylic acid groups (broad SMARTS) is 1. The summed E-state index contributed by atoms with van der Waals surface area (Å²) in [7, 11) is 0. The van der Waals surface area contributed by atoms with Gasteiger partial charge in [0.25, 0.3) is 0 Å². The predicted molar refractivity (Wildman–Crippen MR) is 67.1 cm³/mol. The van der Waals surface area contributed by atoms with Crippen LogP contribution >= 0.6 is 11.6 Å². The molecule has 1 aromatic heterocycles. The van der Waals surface area contributed by atoms with Gasteiger partial charge >= 0.3 is 5.97 Å². The summed E-state index contributed by atoms with van der Waals surface area (Å²) in [5, 5.41) is 13.5. The average Bonchev–Trinajstić information content (AvgIpc) is 2.70. The third-order valence-electron chi connectivity index (χ3n) is 2.71. The molecule has 0 aliphatic heterocycles. The van der Waals surface area contributed by atoms with Crippen molar-refractivity contribution in [2.24, 2.45) is 0 Å². The van der Waals surface area contributed by atoms with Gasteiger partial charge in [-0.05, 0) is 37.5 Å². The molecule has 0 aliphatic rings. The van der Waals surface area contributed by atoms with E-state index in [0.29, 0.717) is 29.3 Å². The average molecular weight is 266 g/mol. The van der Waals surface area contributed by atoms with Crippen LogP contribution in [0, 0.1) is 6.92 Å². The summed E-state index contributed by atoms with van der Waals surface area (Å²) >= 11 is 5.79. The molecule has 2 aromatic rings. The highest BCUT2D eigenvalue weighted by atomic mass is 35.5. The number of carbonyl (C=O) groups is 1. The Morgan fingerprint density at radius 3 is 2.61 bits per heavy atom. The van der Waals surface area contributed by atoms with Crippen LogP contribution < -0.4 is 0 Å². The summed E-state index contributed by atoms with van der Waals surface area (Å²) in [6, 6.07) is 7.44. The molecule has 0 saturated carbocycles. The molecule has 0 amide bonds. The van der Waals surface area contributed by atoms with E-state index in [-0.39, 0.29) is 5.56 Å². The van der Waals surface area contributed by atoms with Gasteiger partial charge in [0, 0.05) is 5.02 Å². The fourth-order valence-corrected chi connectivity index (χ4v) is 1.90. The molecule has 0 saturated heterocycles. The third-order valence-corrected chi connectivity index (χ3v) is 2.96. The largest absolute Gasteiger partial charge is 0.477 e. The zero-order valence-electron chi connectivity index (χ0n) is 9.81. The Morgan fingerprint density at radius 2 is 2.00 bits per heavy atom. The number of hydrogen-bond donors (Lipinski definition) is 1. The Balaban J connectivity index is 2.11. The highest BCUT2D eigenvalue weighted by molar-refractivity contribution is 6.30. The number of carboxylic acids is 1. The van der Waals surface area contributed by atoms with Crippen molar-refractivity contribution in [1.82, 2.24) is 5.16 Å². The van der Waals surface area contributed by atoms with E-state index in [1.54, 1.807) is 6.92 Å². The lowest BCUT2D eigenvalue weighted by molar-refractivity contribution is 0.0694. The Bertz CT molecular complexity index is 560. The molecule has 1 heterocycles. The van der Waals surface area contributed by atoms with E-state index in [4.69, 9.17) is 21.2 Å². The standard InChI is InChI=1S/C13H12ClNO3/c1-8-12(13(16)17)11(15-18-8)7-4-9-2-5-10(14)6-3-9/h2-3,5-6H,4,7H2,1H3,(H,16,17). The highest BCUT2D eigenvalue weighted by Gasteiger charge is 2.18. The van der Waals surface area contributed by atoms with Crippen molar-refractivity contribution in [2.75, 3.05) is 0 Å². The Kier molecular flexibility index (Phi) is 3.67. The number of rotatable bonds is 4. The van der Waals surface area contributed by atoms with Gasteiger partial charge < -0.3 is 9.63 Å². The smallest absolute Gasteiger partial charge is 0.341 e. The van der Waals surface area contributed by atoms with Crippen LogP contribution in [0.2, 0.25) is 5.02 Å². The maximum atomic E-state index is 11.0. The quantitative estimate of drug-likeness (QED) is 0.922. The van der Waals surface area contributed by atoms with Crippen molar-refractivity contribution in [3.63, 3.8) is 0 Å². The summed E-state index contributed by atoms with van der Waals surface area (Å²) in [6.45, 7) is 1.60. The summed E-state index contributed by atoms with van der Waals surface area (Å²) in [4.78, 5) is 11.0. The molecule has 94 valence electrons. The lowest BCUT2D eigenvalue weighted by Gasteiger charge is -2.00. The second-order valence-corrected chi connectivity index (χ2v) is 4.43. The van der Waals surface area contributed by atoms with E-state index in [2.05, 4.69) is 5.16 Å². The third kappa shape index (κ3) is 2.71. The van der Waals surface area contributed by atoms with E-state index in [1.807, 2.05) is 24.3 Å². The van der Waals surface area contributed by atoms with Crippen molar-refractivity contribution < 1.29 is 14.4 Å². The van der Waals surface area contributed by atoms with Gasteiger partial charge in [-0.25, -0.2) is 4.79 Å². The number of aryl methyl sites for hydroxylation is 3. The number of halogens is 1. The highest BCUT2D eigenvalue weighted by Crippen LogP contribution is 2.16. The molecule has 0 aliphatic carbocycles. The zero-order chi connectivity index (χ0) is 13.1. The summed E-state index contributed by atoms with van der Waals surface area (Å²) in [6.07, 6.45) is 1.23. The minimum Gasteiger partial charge on any atom is -0.477 e. The zero-order valence-corrected chi connectivity index (χ0v) is 10.6. The molecule has 0 fully saturated rings. The Hall–Kier alpha value is -1.81. The number of aromatic carboxylic acids is 1. The van der Waals surface area contributed by atoms with Crippen molar-refractivity contribution >= 4 is 17.6 Å². The second-order valence-electron chi connectivity index (χ2n) is 3.99. The number of benzene rings is 1. The normalized spacial score (nSPS) is 10.6.